The topological polar surface area (TPSA) is 47.5 Å². The number of benzene rings is 1. The summed E-state index contributed by atoms with van der Waals surface area (Å²) < 4.78 is 11.3. The van der Waals surface area contributed by atoms with Gasteiger partial charge >= 0.3 is 0 Å². The number of para-hydroxylation sites is 2. The van der Waals surface area contributed by atoms with Gasteiger partial charge in [-0.15, -0.1) is 0 Å². The zero-order chi connectivity index (χ0) is 14.7. The predicted molar refractivity (Wildman–Crippen MR) is 82.9 cm³/mol. The van der Waals surface area contributed by atoms with E-state index in [1.165, 1.54) is 0 Å². The second kappa shape index (κ2) is 6.26. The molecule has 0 amide bonds. The van der Waals surface area contributed by atoms with E-state index in [0.29, 0.717) is 18.4 Å². The summed E-state index contributed by atoms with van der Waals surface area (Å²) in [5, 5.41) is 0. The molecule has 0 radical (unpaired) electrons. The van der Waals surface area contributed by atoms with E-state index in [9.17, 15) is 0 Å². The van der Waals surface area contributed by atoms with Gasteiger partial charge in [-0.05, 0) is 18.1 Å². The summed E-state index contributed by atoms with van der Waals surface area (Å²) in [7, 11) is 0. The van der Waals surface area contributed by atoms with Gasteiger partial charge in [-0.25, -0.2) is 9.97 Å². The minimum absolute atomic E-state index is 0.454. The third kappa shape index (κ3) is 3.24. The van der Waals surface area contributed by atoms with E-state index in [0.717, 1.165) is 43.2 Å². The molecule has 21 heavy (non-hydrogen) atoms. The SMILES string of the molecule is CC(C)COc1nc2ccccc2nc1N1CCOCC1. The molecule has 3 rings (SSSR count). The molecular formula is C16H21N3O2. The van der Waals surface area contributed by atoms with Gasteiger partial charge in [0.25, 0.3) is 5.88 Å². The van der Waals surface area contributed by atoms with Crippen molar-refractivity contribution in [1.29, 1.82) is 0 Å². The van der Waals surface area contributed by atoms with Crippen LogP contribution in [-0.4, -0.2) is 42.9 Å². The summed E-state index contributed by atoms with van der Waals surface area (Å²) >= 11 is 0. The van der Waals surface area contributed by atoms with Gasteiger partial charge in [0.15, 0.2) is 5.82 Å². The van der Waals surface area contributed by atoms with E-state index in [1.54, 1.807) is 0 Å². The summed E-state index contributed by atoms with van der Waals surface area (Å²) in [6.45, 7) is 7.99. The average molecular weight is 287 g/mol. The second-order valence-corrected chi connectivity index (χ2v) is 5.65. The van der Waals surface area contributed by atoms with E-state index in [4.69, 9.17) is 14.5 Å². The highest BCUT2D eigenvalue weighted by atomic mass is 16.5. The number of aromatic nitrogens is 2. The molecule has 2 aromatic rings. The van der Waals surface area contributed by atoms with Crippen molar-refractivity contribution >= 4 is 16.9 Å². The van der Waals surface area contributed by atoms with Crippen molar-refractivity contribution < 1.29 is 9.47 Å². The highest BCUT2D eigenvalue weighted by Crippen LogP contribution is 2.27. The molecule has 112 valence electrons. The number of morpholine rings is 1. The van der Waals surface area contributed by atoms with Crippen molar-refractivity contribution in [2.45, 2.75) is 13.8 Å². The summed E-state index contributed by atoms with van der Waals surface area (Å²) in [6.07, 6.45) is 0. The summed E-state index contributed by atoms with van der Waals surface area (Å²) in [6, 6.07) is 7.90. The standard InChI is InChI=1S/C16H21N3O2/c1-12(2)11-21-16-15(19-7-9-20-10-8-19)17-13-5-3-4-6-14(13)18-16/h3-6,12H,7-11H2,1-2H3. The van der Waals surface area contributed by atoms with Crippen molar-refractivity contribution in [3.05, 3.63) is 24.3 Å². The van der Waals surface area contributed by atoms with Crippen LogP contribution in [0.25, 0.3) is 11.0 Å². The molecule has 0 saturated carbocycles. The first-order chi connectivity index (χ1) is 10.2. The minimum atomic E-state index is 0.454. The van der Waals surface area contributed by atoms with Crippen LogP contribution in [0.4, 0.5) is 5.82 Å². The molecule has 2 heterocycles. The Morgan fingerprint density at radius 2 is 1.81 bits per heavy atom. The van der Waals surface area contributed by atoms with Gasteiger partial charge in [0.2, 0.25) is 0 Å². The Balaban J connectivity index is 1.98. The Labute approximate surface area is 124 Å². The van der Waals surface area contributed by atoms with Crippen LogP contribution >= 0.6 is 0 Å². The second-order valence-electron chi connectivity index (χ2n) is 5.65. The van der Waals surface area contributed by atoms with Crippen molar-refractivity contribution in [3.8, 4) is 5.88 Å². The summed E-state index contributed by atoms with van der Waals surface area (Å²) in [5.74, 6) is 1.91. The highest BCUT2D eigenvalue weighted by molar-refractivity contribution is 5.77. The average Bonchev–Trinajstić information content (AvgIpc) is 2.53. The van der Waals surface area contributed by atoms with Crippen LogP contribution < -0.4 is 9.64 Å². The molecule has 0 atom stereocenters. The van der Waals surface area contributed by atoms with Crippen LogP contribution in [0.5, 0.6) is 5.88 Å². The van der Waals surface area contributed by atoms with Crippen LogP contribution in [0.1, 0.15) is 13.8 Å². The number of nitrogens with zero attached hydrogens (tertiary/aromatic N) is 3. The maximum Gasteiger partial charge on any atom is 0.258 e. The van der Waals surface area contributed by atoms with Crippen LogP contribution in [0, 0.1) is 5.92 Å². The van der Waals surface area contributed by atoms with Gasteiger partial charge < -0.3 is 14.4 Å². The zero-order valence-electron chi connectivity index (χ0n) is 12.6. The van der Waals surface area contributed by atoms with E-state index in [-0.39, 0.29) is 0 Å². The van der Waals surface area contributed by atoms with E-state index in [2.05, 4.69) is 23.7 Å². The van der Waals surface area contributed by atoms with Crippen molar-refractivity contribution in [2.75, 3.05) is 37.8 Å². The van der Waals surface area contributed by atoms with Gasteiger partial charge in [-0.1, -0.05) is 26.0 Å². The van der Waals surface area contributed by atoms with E-state index < -0.39 is 0 Å². The van der Waals surface area contributed by atoms with E-state index in [1.807, 2.05) is 24.3 Å². The molecule has 5 heteroatoms. The lowest BCUT2D eigenvalue weighted by molar-refractivity contribution is 0.122. The maximum absolute atomic E-state index is 5.90. The molecule has 1 aromatic heterocycles. The maximum atomic E-state index is 5.90. The quantitative estimate of drug-likeness (QED) is 0.864. The Bertz CT molecular complexity index is 609. The molecule has 0 unspecified atom stereocenters. The van der Waals surface area contributed by atoms with Crippen LogP contribution in [0.2, 0.25) is 0 Å². The molecule has 5 nitrogen and oxygen atoms in total. The monoisotopic (exact) mass is 287 g/mol. The number of rotatable bonds is 4. The summed E-state index contributed by atoms with van der Waals surface area (Å²) in [5.41, 5.74) is 1.77. The molecule has 1 aromatic carbocycles. The highest BCUT2D eigenvalue weighted by Gasteiger charge is 2.19. The van der Waals surface area contributed by atoms with Crippen molar-refractivity contribution in [2.24, 2.45) is 5.92 Å². The zero-order valence-corrected chi connectivity index (χ0v) is 12.6. The number of hydrogen-bond donors (Lipinski definition) is 0. The molecular weight excluding hydrogens is 266 g/mol. The molecule has 0 N–H and O–H groups in total. The summed E-state index contributed by atoms with van der Waals surface area (Å²) in [4.78, 5) is 11.6. The van der Waals surface area contributed by atoms with Crippen LogP contribution in [0.15, 0.2) is 24.3 Å². The van der Waals surface area contributed by atoms with Gasteiger partial charge in [0.05, 0.1) is 30.9 Å². The molecule has 0 spiro atoms. The van der Waals surface area contributed by atoms with Gasteiger partial charge in [0.1, 0.15) is 0 Å². The van der Waals surface area contributed by atoms with Crippen LogP contribution in [0.3, 0.4) is 0 Å². The lowest BCUT2D eigenvalue weighted by Crippen LogP contribution is -2.37. The number of anilines is 1. The smallest absolute Gasteiger partial charge is 0.258 e. The third-order valence-electron chi connectivity index (χ3n) is 3.39. The third-order valence-corrected chi connectivity index (χ3v) is 3.39. The predicted octanol–water partition coefficient (Wildman–Crippen LogP) is 2.50. The molecule has 1 aliphatic rings. The first-order valence-electron chi connectivity index (χ1n) is 7.46. The Morgan fingerprint density at radius 1 is 1.14 bits per heavy atom. The fourth-order valence-corrected chi connectivity index (χ4v) is 2.30. The lowest BCUT2D eigenvalue weighted by Gasteiger charge is -2.29. The van der Waals surface area contributed by atoms with Gasteiger partial charge in [0, 0.05) is 13.1 Å². The largest absolute Gasteiger partial charge is 0.475 e. The first-order valence-corrected chi connectivity index (χ1v) is 7.46. The van der Waals surface area contributed by atoms with Crippen molar-refractivity contribution in [3.63, 3.8) is 0 Å². The first kappa shape index (κ1) is 14.1. The number of hydrogen-bond acceptors (Lipinski definition) is 5. The molecule has 1 saturated heterocycles. The van der Waals surface area contributed by atoms with Crippen LogP contribution in [-0.2, 0) is 4.74 Å². The fraction of sp³-hybridized carbons (Fsp3) is 0.500. The molecule has 1 fully saturated rings. The molecule has 0 aliphatic carbocycles. The lowest BCUT2D eigenvalue weighted by atomic mass is 10.2. The molecule has 0 bridgehead atoms. The Hall–Kier alpha value is -1.88. The Morgan fingerprint density at radius 3 is 2.48 bits per heavy atom. The Kier molecular flexibility index (Phi) is 4.20. The minimum Gasteiger partial charge on any atom is -0.475 e. The van der Waals surface area contributed by atoms with Gasteiger partial charge in [-0.3, -0.25) is 0 Å². The van der Waals surface area contributed by atoms with Gasteiger partial charge in [-0.2, -0.15) is 0 Å². The van der Waals surface area contributed by atoms with E-state index >= 15 is 0 Å². The normalized spacial score (nSPS) is 15.7. The fourth-order valence-electron chi connectivity index (χ4n) is 2.30. The molecule has 1 aliphatic heterocycles. The van der Waals surface area contributed by atoms with Crippen molar-refractivity contribution in [1.82, 2.24) is 9.97 Å². The number of ether oxygens (including phenoxy) is 2. The number of fused-ring (bicyclic) bond motifs is 1.